The second-order valence-corrected chi connectivity index (χ2v) is 7.92. The van der Waals surface area contributed by atoms with E-state index in [1.165, 1.54) is 35.2 Å². The first-order valence-corrected chi connectivity index (χ1v) is 10.6. The summed E-state index contributed by atoms with van der Waals surface area (Å²) >= 11 is 0. The second-order valence-electron chi connectivity index (χ2n) is 7.92. The molecule has 0 spiro atoms. The minimum absolute atomic E-state index is 0.0575. The number of aromatic amines is 1. The molecule has 0 bridgehead atoms. The fraction of sp³-hybridized carbons (Fsp3) is 0.160. The molecule has 0 radical (unpaired) electrons. The number of piperazine rings is 1. The number of nitrogens with zero attached hydrogens (tertiary/aromatic N) is 2. The van der Waals surface area contributed by atoms with Gasteiger partial charge in [-0.25, -0.2) is 13.8 Å². The molecule has 8 heteroatoms. The van der Waals surface area contributed by atoms with Gasteiger partial charge in [0.2, 0.25) is 5.91 Å². The highest BCUT2D eigenvalue weighted by molar-refractivity contribution is 5.98. The summed E-state index contributed by atoms with van der Waals surface area (Å²) in [6.07, 6.45) is 0.278. The van der Waals surface area contributed by atoms with Gasteiger partial charge in [0.05, 0.1) is 11.0 Å². The third kappa shape index (κ3) is 4.07. The van der Waals surface area contributed by atoms with Crippen LogP contribution in [0, 0.1) is 11.6 Å². The number of imidazole rings is 1. The van der Waals surface area contributed by atoms with Gasteiger partial charge in [-0.3, -0.25) is 9.59 Å². The number of halogens is 2. The SMILES string of the molecule is O=C1NCCN(C(=O)c2nc3ccc(F)cc3[nH]2)C1Cc1ccccc1-c1ccc(F)cc1. The average molecular weight is 446 g/mol. The first-order valence-electron chi connectivity index (χ1n) is 10.6. The minimum atomic E-state index is -0.752. The van der Waals surface area contributed by atoms with Crippen molar-refractivity contribution in [2.45, 2.75) is 12.5 Å². The third-order valence-electron chi connectivity index (χ3n) is 5.82. The summed E-state index contributed by atoms with van der Waals surface area (Å²) in [7, 11) is 0. The fourth-order valence-corrected chi connectivity index (χ4v) is 4.20. The number of amides is 2. The first kappa shape index (κ1) is 20.8. The molecule has 6 nitrogen and oxygen atoms in total. The third-order valence-corrected chi connectivity index (χ3v) is 5.82. The van der Waals surface area contributed by atoms with Crippen molar-refractivity contribution in [2.24, 2.45) is 0 Å². The van der Waals surface area contributed by atoms with Crippen LogP contribution < -0.4 is 5.32 Å². The van der Waals surface area contributed by atoms with Gasteiger partial charge in [-0.05, 0) is 47.0 Å². The predicted octanol–water partition coefficient (Wildman–Crippen LogP) is 3.69. The Morgan fingerprint density at radius 1 is 1.03 bits per heavy atom. The largest absolute Gasteiger partial charge is 0.353 e. The summed E-state index contributed by atoms with van der Waals surface area (Å²) in [6, 6.07) is 17.0. The van der Waals surface area contributed by atoms with Gasteiger partial charge >= 0.3 is 0 Å². The van der Waals surface area contributed by atoms with Crippen LogP contribution >= 0.6 is 0 Å². The Kier molecular flexibility index (Phi) is 5.34. The summed E-state index contributed by atoms with van der Waals surface area (Å²) in [5, 5.41) is 2.83. The van der Waals surface area contributed by atoms with Gasteiger partial charge < -0.3 is 15.2 Å². The smallest absolute Gasteiger partial charge is 0.290 e. The van der Waals surface area contributed by atoms with E-state index in [0.29, 0.717) is 24.1 Å². The molecule has 1 unspecified atom stereocenters. The Balaban J connectivity index is 1.47. The Morgan fingerprint density at radius 2 is 1.79 bits per heavy atom. The minimum Gasteiger partial charge on any atom is -0.353 e. The van der Waals surface area contributed by atoms with Crippen LogP contribution in [0.1, 0.15) is 16.2 Å². The Bertz CT molecular complexity index is 1350. The highest BCUT2D eigenvalue weighted by Gasteiger charge is 2.35. The average Bonchev–Trinajstić information content (AvgIpc) is 3.24. The number of aromatic nitrogens is 2. The number of benzene rings is 3. The Labute approximate surface area is 188 Å². The lowest BCUT2D eigenvalue weighted by Crippen LogP contribution is -2.58. The summed E-state index contributed by atoms with van der Waals surface area (Å²) < 4.78 is 26.9. The summed E-state index contributed by atoms with van der Waals surface area (Å²) in [4.78, 5) is 34.8. The number of H-pyrrole nitrogens is 1. The molecular formula is C25H20F2N4O2. The molecule has 1 atom stereocenters. The number of carbonyl (C=O) groups is 2. The van der Waals surface area contributed by atoms with Crippen LogP contribution in [0.15, 0.2) is 66.7 Å². The van der Waals surface area contributed by atoms with Crippen molar-refractivity contribution in [1.82, 2.24) is 20.2 Å². The molecular weight excluding hydrogens is 426 g/mol. The van der Waals surface area contributed by atoms with Gasteiger partial charge in [-0.2, -0.15) is 0 Å². The molecule has 0 saturated carbocycles. The van der Waals surface area contributed by atoms with Gasteiger partial charge in [0, 0.05) is 19.5 Å². The van der Waals surface area contributed by atoms with Crippen molar-refractivity contribution in [2.75, 3.05) is 13.1 Å². The summed E-state index contributed by atoms with van der Waals surface area (Å²) in [5.41, 5.74) is 3.43. The van der Waals surface area contributed by atoms with Gasteiger partial charge in [-0.1, -0.05) is 36.4 Å². The molecule has 2 heterocycles. The standard InChI is InChI=1S/C25H20F2N4O2/c26-17-7-5-15(6-8-17)19-4-2-1-3-16(19)13-22-24(32)28-11-12-31(22)25(33)23-29-20-10-9-18(27)14-21(20)30-23/h1-10,14,22H,11-13H2,(H,28,32)(H,29,30). The quantitative estimate of drug-likeness (QED) is 0.502. The maximum atomic E-state index is 13.5. The molecule has 1 fully saturated rings. The van der Waals surface area contributed by atoms with Crippen molar-refractivity contribution in [1.29, 1.82) is 0 Å². The molecule has 2 N–H and O–H groups in total. The lowest BCUT2D eigenvalue weighted by molar-refractivity contribution is -0.127. The van der Waals surface area contributed by atoms with E-state index in [1.54, 1.807) is 12.1 Å². The van der Waals surface area contributed by atoms with E-state index in [0.717, 1.165) is 16.7 Å². The number of hydrogen-bond donors (Lipinski definition) is 2. The zero-order chi connectivity index (χ0) is 22.9. The fourth-order valence-electron chi connectivity index (χ4n) is 4.20. The van der Waals surface area contributed by atoms with Crippen LogP contribution in [0.2, 0.25) is 0 Å². The van der Waals surface area contributed by atoms with E-state index in [-0.39, 0.29) is 24.0 Å². The lowest BCUT2D eigenvalue weighted by Gasteiger charge is -2.35. The van der Waals surface area contributed by atoms with E-state index < -0.39 is 17.8 Å². The number of hydrogen-bond acceptors (Lipinski definition) is 3. The van der Waals surface area contributed by atoms with E-state index >= 15 is 0 Å². The van der Waals surface area contributed by atoms with E-state index in [9.17, 15) is 18.4 Å². The molecule has 2 amide bonds. The maximum absolute atomic E-state index is 13.5. The lowest BCUT2D eigenvalue weighted by atomic mass is 9.93. The van der Waals surface area contributed by atoms with Crippen molar-refractivity contribution in [3.8, 4) is 11.1 Å². The number of carbonyl (C=O) groups excluding carboxylic acids is 2. The van der Waals surface area contributed by atoms with Crippen molar-refractivity contribution in [3.05, 3.63) is 89.8 Å². The van der Waals surface area contributed by atoms with E-state index in [1.807, 2.05) is 24.3 Å². The van der Waals surface area contributed by atoms with E-state index in [4.69, 9.17) is 0 Å². The normalized spacial score (nSPS) is 16.1. The molecule has 0 aliphatic carbocycles. The molecule has 1 aromatic heterocycles. The van der Waals surface area contributed by atoms with Gasteiger partial charge in [0.1, 0.15) is 17.7 Å². The maximum Gasteiger partial charge on any atom is 0.290 e. The van der Waals surface area contributed by atoms with Crippen LogP contribution in [-0.4, -0.2) is 45.8 Å². The number of nitrogens with one attached hydrogen (secondary N) is 2. The van der Waals surface area contributed by atoms with Gasteiger partial charge in [0.15, 0.2) is 5.82 Å². The van der Waals surface area contributed by atoms with Crippen LogP contribution in [0.3, 0.4) is 0 Å². The zero-order valence-electron chi connectivity index (χ0n) is 17.5. The molecule has 166 valence electrons. The van der Waals surface area contributed by atoms with Crippen LogP contribution in [0.4, 0.5) is 8.78 Å². The van der Waals surface area contributed by atoms with E-state index in [2.05, 4.69) is 15.3 Å². The zero-order valence-corrected chi connectivity index (χ0v) is 17.5. The molecule has 1 aliphatic heterocycles. The number of rotatable bonds is 4. The highest BCUT2D eigenvalue weighted by Crippen LogP contribution is 2.27. The van der Waals surface area contributed by atoms with Crippen molar-refractivity contribution < 1.29 is 18.4 Å². The molecule has 5 rings (SSSR count). The highest BCUT2D eigenvalue weighted by atomic mass is 19.1. The molecule has 1 aliphatic rings. The second kappa shape index (κ2) is 8.46. The van der Waals surface area contributed by atoms with Crippen LogP contribution in [0.5, 0.6) is 0 Å². The van der Waals surface area contributed by atoms with Crippen molar-refractivity contribution in [3.63, 3.8) is 0 Å². The number of fused-ring (bicyclic) bond motifs is 1. The van der Waals surface area contributed by atoms with Gasteiger partial charge in [0.25, 0.3) is 5.91 Å². The predicted molar refractivity (Wildman–Crippen MR) is 119 cm³/mol. The molecule has 4 aromatic rings. The molecule has 3 aromatic carbocycles. The van der Waals surface area contributed by atoms with Crippen molar-refractivity contribution >= 4 is 22.8 Å². The van der Waals surface area contributed by atoms with Crippen LogP contribution in [-0.2, 0) is 11.2 Å². The van der Waals surface area contributed by atoms with Crippen LogP contribution in [0.25, 0.3) is 22.2 Å². The Morgan fingerprint density at radius 3 is 2.61 bits per heavy atom. The molecule has 1 saturated heterocycles. The molecule has 33 heavy (non-hydrogen) atoms. The topological polar surface area (TPSA) is 78.1 Å². The van der Waals surface area contributed by atoms with Gasteiger partial charge in [-0.15, -0.1) is 0 Å². The summed E-state index contributed by atoms with van der Waals surface area (Å²) in [5.74, 6) is -1.39. The summed E-state index contributed by atoms with van der Waals surface area (Å²) in [6.45, 7) is 0.648. The first-order chi connectivity index (χ1) is 16.0. The Hall–Kier alpha value is -4.07. The monoisotopic (exact) mass is 446 g/mol.